The maximum Gasteiger partial charge on any atom is 0.240 e. The predicted octanol–water partition coefficient (Wildman–Crippen LogP) is 4.11. The average Bonchev–Trinajstić information content (AvgIpc) is 2.69. The summed E-state index contributed by atoms with van der Waals surface area (Å²) < 4.78 is 11.9. The van der Waals surface area contributed by atoms with Crippen molar-refractivity contribution in [3.05, 3.63) is 52.5 Å². The highest BCUT2D eigenvalue weighted by Gasteiger charge is 2.08. The molecular formula is C21H24BrN3O4. The Morgan fingerprint density at radius 3 is 2.41 bits per heavy atom. The Kier molecular flexibility index (Phi) is 8.67. The van der Waals surface area contributed by atoms with Gasteiger partial charge in [0.1, 0.15) is 0 Å². The molecule has 2 N–H and O–H groups in total. The van der Waals surface area contributed by atoms with E-state index >= 15 is 0 Å². The van der Waals surface area contributed by atoms with E-state index < -0.39 is 0 Å². The van der Waals surface area contributed by atoms with Gasteiger partial charge in [-0.25, -0.2) is 5.43 Å². The number of methoxy groups -OCH3 is 1. The molecule has 2 aromatic carbocycles. The quantitative estimate of drug-likeness (QED) is 0.434. The maximum atomic E-state index is 11.9. The molecule has 7 nitrogen and oxygen atoms in total. The summed E-state index contributed by atoms with van der Waals surface area (Å²) in [5.74, 6) is 0.634. The number of nitrogens with one attached hydrogen (secondary N) is 2. The topological polar surface area (TPSA) is 89.0 Å². The minimum atomic E-state index is -0.348. The highest BCUT2D eigenvalue weighted by Crippen LogP contribution is 2.28. The molecule has 0 aromatic heterocycles. The Balaban J connectivity index is 1.80. The van der Waals surface area contributed by atoms with Gasteiger partial charge in [-0.1, -0.05) is 15.9 Å². The van der Waals surface area contributed by atoms with Gasteiger partial charge in [0, 0.05) is 23.0 Å². The summed E-state index contributed by atoms with van der Waals surface area (Å²) in [6, 6.07) is 12.6. The van der Waals surface area contributed by atoms with Crippen LogP contribution in [0.25, 0.3) is 0 Å². The van der Waals surface area contributed by atoms with Crippen molar-refractivity contribution >= 4 is 39.6 Å². The molecule has 2 aromatic rings. The van der Waals surface area contributed by atoms with Gasteiger partial charge in [0.15, 0.2) is 11.5 Å². The molecular weight excluding hydrogens is 438 g/mol. The van der Waals surface area contributed by atoms with E-state index in [2.05, 4.69) is 31.8 Å². The Labute approximate surface area is 178 Å². The molecule has 29 heavy (non-hydrogen) atoms. The number of anilines is 1. The Bertz CT molecular complexity index is 867. The first-order valence-corrected chi connectivity index (χ1v) is 9.88. The van der Waals surface area contributed by atoms with Gasteiger partial charge in [-0.05, 0) is 61.9 Å². The van der Waals surface area contributed by atoms with Gasteiger partial charge in [0.05, 0.1) is 19.4 Å². The van der Waals surface area contributed by atoms with Crippen LogP contribution in [0.3, 0.4) is 0 Å². The summed E-state index contributed by atoms with van der Waals surface area (Å²) in [4.78, 5) is 23.8. The van der Waals surface area contributed by atoms with Crippen molar-refractivity contribution in [1.82, 2.24) is 5.43 Å². The van der Waals surface area contributed by atoms with Crippen LogP contribution >= 0.6 is 15.9 Å². The fourth-order valence-corrected chi connectivity index (χ4v) is 2.60. The van der Waals surface area contributed by atoms with Gasteiger partial charge in [-0.2, -0.15) is 5.10 Å². The molecule has 0 saturated heterocycles. The van der Waals surface area contributed by atoms with Crippen LogP contribution in [0.2, 0.25) is 0 Å². The molecule has 0 spiro atoms. The molecule has 0 heterocycles. The molecule has 8 heteroatoms. The van der Waals surface area contributed by atoms with Crippen molar-refractivity contribution in [2.75, 3.05) is 12.4 Å². The zero-order chi connectivity index (χ0) is 21.2. The van der Waals surface area contributed by atoms with Crippen LogP contribution in [0.4, 0.5) is 5.69 Å². The fourth-order valence-electron chi connectivity index (χ4n) is 2.33. The average molecular weight is 462 g/mol. The van der Waals surface area contributed by atoms with E-state index in [1.807, 2.05) is 32.0 Å². The van der Waals surface area contributed by atoms with E-state index in [1.165, 1.54) is 6.21 Å². The van der Waals surface area contributed by atoms with Crippen LogP contribution < -0.4 is 20.2 Å². The van der Waals surface area contributed by atoms with E-state index in [0.717, 1.165) is 10.0 Å². The van der Waals surface area contributed by atoms with Crippen molar-refractivity contribution in [2.45, 2.75) is 32.8 Å². The predicted molar refractivity (Wildman–Crippen MR) is 117 cm³/mol. The first kappa shape index (κ1) is 22.4. The minimum absolute atomic E-state index is 0.0312. The van der Waals surface area contributed by atoms with E-state index in [9.17, 15) is 9.59 Å². The lowest BCUT2D eigenvalue weighted by molar-refractivity contribution is -0.124. The molecule has 2 rings (SSSR count). The molecule has 0 fully saturated rings. The number of carbonyl (C=O) groups excluding carboxylic acids is 2. The number of hydrogen-bond acceptors (Lipinski definition) is 5. The second-order valence-electron chi connectivity index (χ2n) is 6.43. The smallest absolute Gasteiger partial charge is 0.240 e. The van der Waals surface area contributed by atoms with E-state index in [1.54, 1.807) is 31.4 Å². The van der Waals surface area contributed by atoms with E-state index in [-0.39, 0.29) is 30.8 Å². The van der Waals surface area contributed by atoms with Gasteiger partial charge in [0.2, 0.25) is 11.8 Å². The summed E-state index contributed by atoms with van der Waals surface area (Å²) in [5.41, 5.74) is 3.83. The maximum absolute atomic E-state index is 11.9. The third kappa shape index (κ3) is 7.95. The molecule has 0 saturated carbocycles. The number of halogens is 1. The molecule has 0 unspecified atom stereocenters. The summed E-state index contributed by atoms with van der Waals surface area (Å²) in [6.07, 6.45) is 1.63. The van der Waals surface area contributed by atoms with Crippen LogP contribution in [0.5, 0.6) is 11.5 Å². The normalized spacial score (nSPS) is 10.8. The molecule has 0 aliphatic carbocycles. The number of hydrazone groups is 1. The summed E-state index contributed by atoms with van der Waals surface area (Å²) in [6.45, 7) is 3.87. The Morgan fingerprint density at radius 2 is 1.76 bits per heavy atom. The lowest BCUT2D eigenvalue weighted by atomic mass is 10.2. The number of amides is 2. The van der Waals surface area contributed by atoms with Crippen LogP contribution in [0.1, 0.15) is 32.3 Å². The number of hydrogen-bond donors (Lipinski definition) is 2. The third-order valence-electron chi connectivity index (χ3n) is 3.66. The van der Waals surface area contributed by atoms with Crippen molar-refractivity contribution < 1.29 is 19.1 Å². The zero-order valence-electron chi connectivity index (χ0n) is 16.6. The minimum Gasteiger partial charge on any atom is -0.493 e. The van der Waals surface area contributed by atoms with Crippen LogP contribution in [-0.4, -0.2) is 31.2 Å². The molecule has 0 aliphatic rings. The fraction of sp³-hybridized carbons (Fsp3) is 0.286. The number of carbonyl (C=O) groups is 2. The van der Waals surface area contributed by atoms with Crippen LogP contribution in [0, 0.1) is 0 Å². The zero-order valence-corrected chi connectivity index (χ0v) is 18.2. The first-order chi connectivity index (χ1) is 13.9. The standard InChI is InChI=1S/C21H24BrN3O4/c1-14(2)29-18-9-4-15(12-19(18)28-3)13-23-25-21(27)11-10-20(26)24-17-7-5-16(22)6-8-17/h4-9,12-14H,10-11H2,1-3H3,(H,24,26)(H,25,27). The Hall–Kier alpha value is -2.87. The van der Waals surface area contributed by atoms with Crippen molar-refractivity contribution in [3.8, 4) is 11.5 Å². The largest absolute Gasteiger partial charge is 0.493 e. The van der Waals surface area contributed by atoms with Gasteiger partial charge >= 0.3 is 0 Å². The molecule has 0 aliphatic heterocycles. The van der Waals surface area contributed by atoms with E-state index in [4.69, 9.17) is 9.47 Å². The highest BCUT2D eigenvalue weighted by atomic mass is 79.9. The third-order valence-corrected chi connectivity index (χ3v) is 4.19. The number of rotatable bonds is 9. The van der Waals surface area contributed by atoms with Crippen LogP contribution in [0.15, 0.2) is 52.0 Å². The molecule has 0 atom stereocenters. The molecule has 0 radical (unpaired) electrons. The monoisotopic (exact) mass is 461 g/mol. The lowest BCUT2D eigenvalue weighted by Gasteiger charge is -2.13. The van der Waals surface area contributed by atoms with Gasteiger partial charge in [0.25, 0.3) is 0 Å². The van der Waals surface area contributed by atoms with Crippen LogP contribution in [-0.2, 0) is 9.59 Å². The van der Waals surface area contributed by atoms with Crippen molar-refractivity contribution in [3.63, 3.8) is 0 Å². The SMILES string of the molecule is COc1cc(C=NNC(=O)CCC(=O)Nc2ccc(Br)cc2)ccc1OC(C)C. The lowest BCUT2D eigenvalue weighted by Crippen LogP contribution is -2.20. The van der Waals surface area contributed by atoms with E-state index in [0.29, 0.717) is 17.2 Å². The number of ether oxygens (including phenoxy) is 2. The van der Waals surface area contributed by atoms with Gasteiger partial charge < -0.3 is 14.8 Å². The second kappa shape index (κ2) is 11.2. The van der Waals surface area contributed by atoms with Gasteiger partial charge in [-0.3, -0.25) is 9.59 Å². The number of nitrogens with zero attached hydrogens (tertiary/aromatic N) is 1. The summed E-state index contributed by atoms with van der Waals surface area (Å²) in [7, 11) is 1.56. The highest BCUT2D eigenvalue weighted by molar-refractivity contribution is 9.10. The van der Waals surface area contributed by atoms with Gasteiger partial charge in [-0.15, -0.1) is 0 Å². The summed E-state index contributed by atoms with van der Waals surface area (Å²) >= 11 is 3.33. The Morgan fingerprint density at radius 1 is 1.07 bits per heavy atom. The van der Waals surface area contributed by atoms with Crippen molar-refractivity contribution in [2.24, 2.45) is 5.10 Å². The second-order valence-corrected chi connectivity index (χ2v) is 7.34. The molecule has 154 valence electrons. The summed E-state index contributed by atoms with van der Waals surface area (Å²) in [5, 5.41) is 6.66. The molecule has 2 amide bonds. The first-order valence-electron chi connectivity index (χ1n) is 9.09. The van der Waals surface area contributed by atoms with Crippen molar-refractivity contribution in [1.29, 1.82) is 0 Å². The number of benzene rings is 2. The molecule has 0 bridgehead atoms.